The SMILES string of the molecule is CN(CC(=O)c1ccc(C#N)cc1)CC1CCCN1C. The summed E-state index contributed by atoms with van der Waals surface area (Å²) in [7, 11) is 4.14. The molecule has 1 aromatic carbocycles. The van der Waals surface area contributed by atoms with Crippen molar-refractivity contribution in [3.63, 3.8) is 0 Å². The Bertz CT molecular complexity index is 503. The van der Waals surface area contributed by atoms with E-state index in [-0.39, 0.29) is 5.78 Å². The predicted octanol–water partition coefficient (Wildman–Crippen LogP) is 1.77. The van der Waals surface area contributed by atoms with Gasteiger partial charge in [0, 0.05) is 18.2 Å². The van der Waals surface area contributed by atoms with Gasteiger partial charge in [0.2, 0.25) is 0 Å². The van der Waals surface area contributed by atoms with Crippen molar-refractivity contribution in [1.82, 2.24) is 9.80 Å². The van der Waals surface area contributed by atoms with E-state index in [0.29, 0.717) is 23.7 Å². The van der Waals surface area contributed by atoms with Crippen LogP contribution in [0.1, 0.15) is 28.8 Å². The zero-order valence-corrected chi connectivity index (χ0v) is 12.2. The number of hydrogen-bond acceptors (Lipinski definition) is 4. The molecule has 1 aromatic rings. The molecule has 4 nitrogen and oxygen atoms in total. The van der Waals surface area contributed by atoms with Crippen LogP contribution >= 0.6 is 0 Å². The van der Waals surface area contributed by atoms with Gasteiger partial charge in [-0.15, -0.1) is 0 Å². The number of nitriles is 1. The highest BCUT2D eigenvalue weighted by atomic mass is 16.1. The van der Waals surface area contributed by atoms with Crippen LogP contribution in [0.15, 0.2) is 24.3 Å². The molecule has 2 rings (SSSR count). The summed E-state index contributed by atoms with van der Waals surface area (Å²) in [6.45, 7) is 2.51. The maximum atomic E-state index is 12.2. The number of carbonyl (C=O) groups excluding carboxylic acids is 1. The quantitative estimate of drug-likeness (QED) is 0.766. The number of ketones is 1. The minimum absolute atomic E-state index is 0.109. The minimum atomic E-state index is 0.109. The van der Waals surface area contributed by atoms with Crippen LogP contribution in [0, 0.1) is 11.3 Å². The molecule has 20 heavy (non-hydrogen) atoms. The fourth-order valence-corrected chi connectivity index (χ4v) is 2.70. The molecule has 0 aliphatic carbocycles. The van der Waals surface area contributed by atoms with Crippen LogP contribution in [0.25, 0.3) is 0 Å². The Morgan fingerprint density at radius 1 is 1.45 bits per heavy atom. The van der Waals surface area contributed by atoms with Crippen molar-refractivity contribution in [3.8, 4) is 6.07 Å². The smallest absolute Gasteiger partial charge is 0.176 e. The Kier molecular flexibility index (Phi) is 4.89. The van der Waals surface area contributed by atoms with E-state index in [0.717, 1.165) is 13.1 Å². The van der Waals surface area contributed by atoms with Crippen LogP contribution in [0.4, 0.5) is 0 Å². The molecule has 1 atom stereocenters. The van der Waals surface area contributed by atoms with Crippen LogP contribution in [0.5, 0.6) is 0 Å². The zero-order chi connectivity index (χ0) is 14.5. The molecule has 106 valence electrons. The highest BCUT2D eigenvalue weighted by Gasteiger charge is 2.22. The maximum Gasteiger partial charge on any atom is 0.176 e. The van der Waals surface area contributed by atoms with Gasteiger partial charge >= 0.3 is 0 Å². The third-order valence-electron chi connectivity index (χ3n) is 3.94. The first-order valence-electron chi connectivity index (χ1n) is 7.02. The molecular formula is C16H21N3O. The number of benzene rings is 1. The van der Waals surface area contributed by atoms with Gasteiger partial charge in [-0.1, -0.05) is 12.1 Å². The second-order valence-corrected chi connectivity index (χ2v) is 5.59. The van der Waals surface area contributed by atoms with Gasteiger partial charge in [-0.25, -0.2) is 0 Å². The molecule has 0 aromatic heterocycles. The first-order valence-corrected chi connectivity index (χ1v) is 7.02. The van der Waals surface area contributed by atoms with Crippen LogP contribution < -0.4 is 0 Å². The van der Waals surface area contributed by atoms with Crippen molar-refractivity contribution < 1.29 is 4.79 Å². The number of likely N-dealkylation sites (tertiary alicyclic amines) is 1. The van der Waals surface area contributed by atoms with E-state index in [9.17, 15) is 4.79 Å². The van der Waals surface area contributed by atoms with Crippen LogP contribution in [0.3, 0.4) is 0 Å². The molecule has 1 heterocycles. The van der Waals surface area contributed by atoms with Crippen LogP contribution in [-0.4, -0.2) is 55.4 Å². The first kappa shape index (κ1) is 14.7. The molecule has 1 saturated heterocycles. The number of hydrogen-bond donors (Lipinski definition) is 0. The molecule has 1 fully saturated rings. The van der Waals surface area contributed by atoms with E-state index < -0.39 is 0 Å². The molecule has 4 heteroatoms. The highest BCUT2D eigenvalue weighted by Crippen LogP contribution is 2.15. The topological polar surface area (TPSA) is 47.3 Å². The van der Waals surface area contributed by atoms with Crippen LogP contribution in [-0.2, 0) is 0 Å². The number of rotatable bonds is 5. The van der Waals surface area contributed by atoms with E-state index in [1.807, 2.05) is 7.05 Å². The Hall–Kier alpha value is -1.70. The molecule has 0 saturated carbocycles. The molecule has 0 amide bonds. The second-order valence-electron chi connectivity index (χ2n) is 5.59. The normalized spacial score (nSPS) is 19.2. The van der Waals surface area contributed by atoms with E-state index in [2.05, 4.69) is 22.9 Å². The van der Waals surface area contributed by atoms with Crippen molar-refractivity contribution in [2.45, 2.75) is 18.9 Å². The summed E-state index contributed by atoms with van der Waals surface area (Å²) in [5.74, 6) is 0.109. The zero-order valence-electron chi connectivity index (χ0n) is 12.2. The summed E-state index contributed by atoms with van der Waals surface area (Å²) in [6, 6.07) is 9.47. The third kappa shape index (κ3) is 3.66. The van der Waals surface area contributed by atoms with Crippen LogP contribution in [0.2, 0.25) is 0 Å². The summed E-state index contributed by atoms with van der Waals surface area (Å²) in [6.07, 6.45) is 2.46. The van der Waals surface area contributed by atoms with Gasteiger partial charge in [0.1, 0.15) is 0 Å². The summed E-state index contributed by atoms with van der Waals surface area (Å²) >= 11 is 0. The van der Waals surface area contributed by atoms with Gasteiger partial charge < -0.3 is 4.90 Å². The number of carbonyl (C=O) groups is 1. The lowest BCUT2D eigenvalue weighted by Crippen LogP contribution is -2.38. The molecule has 1 aliphatic rings. The average molecular weight is 271 g/mol. The molecule has 0 spiro atoms. The molecule has 0 N–H and O–H groups in total. The van der Waals surface area contributed by atoms with Gasteiger partial charge in [-0.2, -0.15) is 5.26 Å². The van der Waals surface area contributed by atoms with Gasteiger partial charge in [-0.3, -0.25) is 9.69 Å². The van der Waals surface area contributed by atoms with Crippen molar-refractivity contribution in [2.75, 3.05) is 33.7 Å². The highest BCUT2D eigenvalue weighted by molar-refractivity contribution is 5.97. The molecule has 0 bridgehead atoms. The summed E-state index contributed by atoms with van der Waals surface area (Å²) in [5.41, 5.74) is 1.26. The summed E-state index contributed by atoms with van der Waals surface area (Å²) < 4.78 is 0. The summed E-state index contributed by atoms with van der Waals surface area (Å²) in [5, 5.41) is 8.75. The van der Waals surface area contributed by atoms with Crippen molar-refractivity contribution in [2.24, 2.45) is 0 Å². The molecule has 1 unspecified atom stereocenters. The standard InChI is InChI=1S/C16H21N3O/c1-18(11-15-4-3-9-19(15)2)12-16(20)14-7-5-13(10-17)6-8-14/h5-8,15H,3-4,9,11-12H2,1-2H3. The molecule has 1 aliphatic heterocycles. The predicted molar refractivity (Wildman–Crippen MR) is 78.6 cm³/mol. The number of likely N-dealkylation sites (N-methyl/N-ethyl adjacent to an activating group) is 2. The fourth-order valence-electron chi connectivity index (χ4n) is 2.70. The monoisotopic (exact) mass is 271 g/mol. The molecule has 0 radical (unpaired) electrons. The Balaban J connectivity index is 1.88. The Labute approximate surface area is 120 Å². The van der Waals surface area contributed by atoms with Gasteiger partial charge in [-0.05, 0) is 45.6 Å². The lowest BCUT2D eigenvalue weighted by atomic mass is 10.1. The van der Waals surface area contributed by atoms with E-state index in [4.69, 9.17) is 5.26 Å². The first-order chi connectivity index (χ1) is 9.60. The fraction of sp³-hybridized carbons (Fsp3) is 0.500. The van der Waals surface area contributed by atoms with Crippen molar-refractivity contribution >= 4 is 5.78 Å². The Morgan fingerprint density at radius 2 is 2.15 bits per heavy atom. The Morgan fingerprint density at radius 3 is 2.70 bits per heavy atom. The maximum absolute atomic E-state index is 12.2. The average Bonchev–Trinajstić information content (AvgIpc) is 2.84. The van der Waals surface area contributed by atoms with E-state index >= 15 is 0 Å². The van der Waals surface area contributed by atoms with Crippen molar-refractivity contribution in [3.05, 3.63) is 35.4 Å². The van der Waals surface area contributed by atoms with Gasteiger partial charge in [0.05, 0.1) is 18.2 Å². The number of Topliss-reactive ketones (excluding diaryl/α,β-unsaturated/α-hetero) is 1. The largest absolute Gasteiger partial charge is 0.302 e. The molecular weight excluding hydrogens is 250 g/mol. The lowest BCUT2D eigenvalue weighted by Gasteiger charge is -2.25. The van der Waals surface area contributed by atoms with E-state index in [1.165, 1.54) is 12.8 Å². The third-order valence-corrected chi connectivity index (χ3v) is 3.94. The van der Waals surface area contributed by atoms with E-state index in [1.54, 1.807) is 24.3 Å². The second kappa shape index (κ2) is 6.65. The van der Waals surface area contributed by atoms with Gasteiger partial charge in [0.25, 0.3) is 0 Å². The lowest BCUT2D eigenvalue weighted by molar-refractivity contribution is 0.0932. The van der Waals surface area contributed by atoms with Gasteiger partial charge in [0.15, 0.2) is 5.78 Å². The summed E-state index contributed by atoms with van der Waals surface area (Å²) in [4.78, 5) is 16.6. The minimum Gasteiger partial charge on any atom is -0.302 e. The van der Waals surface area contributed by atoms with Crippen molar-refractivity contribution in [1.29, 1.82) is 5.26 Å². The number of nitrogens with zero attached hydrogens (tertiary/aromatic N) is 3.